The van der Waals surface area contributed by atoms with Crippen LogP contribution < -0.4 is 4.74 Å². The van der Waals surface area contributed by atoms with Crippen molar-refractivity contribution >= 4 is 0 Å². The second kappa shape index (κ2) is 7.63. The van der Waals surface area contributed by atoms with Crippen LogP contribution in [-0.2, 0) is 25.6 Å². The Morgan fingerprint density at radius 2 is 1.83 bits per heavy atom. The van der Waals surface area contributed by atoms with Crippen molar-refractivity contribution in [3.63, 3.8) is 0 Å². The van der Waals surface area contributed by atoms with Gasteiger partial charge in [0.2, 0.25) is 0 Å². The molecule has 0 saturated carbocycles. The second-order valence-electron chi connectivity index (χ2n) is 6.12. The van der Waals surface area contributed by atoms with Crippen molar-refractivity contribution in [1.82, 2.24) is 0 Å². The predicted octanol–water partition coefficient (Wildman–Crippen LogP) is 1.86. The predicted molar refractivity (Wildman–Crippen MR) is 86.5 cm³/mol. The minimum Gasteiger partial charge on any atom is -0.497 e. The lowest BCUT2D eigenvalue weighted by Gasteiger charge is -2.43. The van der Waals surface area contributed by atoms with Gasteiger partial charge in [0.25, 0.3) is 0 Å². The zero-order valence-corrected chi connectivity index (χ0v) is 14.0. The van der Waals surface area contributed by atoms with E-state index in [9.17, 15) is 5.11 Å². The summed E-state index contributed by atoms with van der Waals surface area (Å²) in [6.45, 7) is 4.07. The van der Waals surface area contributed by atoms with E-state index in [0.29, 0.717) is 32.3 Å². The topological polar surface area (TPSA) is 66.4 Å². The molecule has 0 amide bonds. The molecule has 0 spiro atoms. The molecule has 2 bridgehead atoms. The Kier molecular flexibility index (Phi) is 5.53. The number of rotatable bonds is 7. The van der Waals surface area contributed by atoms with E-state index in [1.807, 2.05) is 31.2 Å². The maximum absolute atomic E-state index is 10.2. The van der Waals surface area contributed by atoms with Crippen LogP contribution in [-0.4, -0.2) is 50.2 Å². The summed E-state index contributed by atoms with van der Waals surface area (Å²) in [6.07, 6.45) is 2.07. The molecular weight excluding hydrogens is 312 g/mol. The molecule has 3 heterocycles. The maximum Gasteiger partial charge on any atom is 0.304 e. The molecule has 4 rings (SSSR count). The van der Waals surface area contributed by atoms with E-state index in [2.05, 4.69) is 0 Å². The maximum atomic E-state index is 10.2. The Hall–Kier alpha value is -1.44. The Bertz CT molecular complexity index is 533. The quantitative estimate of drug-likeness (QED) is 0.767. The van der Waals surface area contributed by atoms with Gasteiger partial charge in [0.15, 0.2) is 0 Å². The molecule has 3 aliphatic rings. The highest BCUT2D eigenvalue weighted by Gasteiger charge is 2.42. The van der Waals surface area contributed by atoms with Gasteiger partial charge in [-0.3, -0.25) is 0 Å². The monoisotopic (exact) mass is 336 g/mol. The first kappa shape index (κ1) is 17.4. The summed E-state index contributed by atoms with van der Waals surface area (Å²) in [7, 11) is 1.63. The van der Waals surface area contributed by atoms with Gasteiger partial charge < -0.3 is 28.8 Å². The Labute approximate surface area is 141 Å². The van der Waals surface area contributed by atoms with Crippen molar-refractivity contribution in [3.05, 3.63) is 42.0 Å². The Morgan fingerprint density at radius 1 is 1.21 bits per heavy atom. The molecular formula is C18H24O6. The normalized spacial score (nSPS) is 28.9. The molecule has 0 unspecified atom stereocenters. The molecule has 2 atom stereocenters. The molecule has 1 N–H and O–H groups in total. The van der Waals surface area contributed by atoms with E-state index >= 15 is 0 Å². The van der Waals surface area contributed by atoms with Gasteiger partial charge in [-0.1, -0.05) is 12.1 Å². The fraction of sp³-hybridized carbons (Fsp3) is 0.556. The molecule has 0 aliphatic carbocycles. The summed E-state index contributed by atoms with van der Waals surface area (Å²) in [5.74, 6) is -0.0426. The van der Waals surface area contributed by atoms with Gasteiger partial charge in [-0.05, 0) is 30.7 Å². The van der Waals surface area contributed by atoms with Crippen molar-refractivity contribution in [3.8, 4) is 5.75 Å². The first-order valence-corrected chi connectivity index (χ1v) is 8.14. The van der Waals surface area contributed by atoms with Gasteiger partial charge in [-0.15, -0.1) is 0 Å². The first-order chi connectivity index (χ1) is 11.6. The van der Waals surface area contributed by atoms with Crippen molar-refractivity contribution < 1.29 is 28.8 Å². The third-order valence-corrected chi connectivity index (χ3v) is 4.21. The zero-order chi connectivity index (χ0) is 17.0. The lowest BCUT2D eigenvalue weighted by atomic mass is 10.1. The molecule has 3 fully saturated rings. The van der Waals surface area contributed by atoms with Crippen LogP contribution in [0.25, 0.3) is 0 Å². The summed E-state index contributed by atoms with van der Waals surface area (Å²) in [5, 5.41) is 10.2. The number of aliphatic hydroxyl groups is 1. The van der Waals surface area contributed by atoms with Crippen molar-refractivity contribution in [2.45, 2.75) is 31.7 Å². The fourth-order valence-corrected chi connectivity index (χ4v) is 2.54. The van der Waals surface area contributed by atoms with Crippen LogP contribution in [0.5, 0.6) is 5.75 Å². The van der Waals surface area contributed by atoms with Gasteiger partial charge in [-0.2, -0.15) is 0 Å². The molecule has 1 aromatic rings. The standard InChI is InChI=1S/C18H24O6/c1-13(21-9-14-3-5-16(20-2)6-4-14)17(19)7-8-18-22-10-15(11-23-18)12-24-18/h3-8,13,15,17,19H,9-12H2,1-2H3/b8-7+/t13-,15?,17+,18?/m0/s1. The molecule has 3 aliphatic heterocycles. The van der Waals surface area contributed by atoms with Gasteiger partial charge in [0, 0.05) is 12.0 Å². The molecule has 1 aromatic carbocycles. The van der Waals surface area contributed by atoms with Crippen LogP contribution in [0.2, 0.25) is 0 Å². The van der Waals surface area contributed by atoms with E-state index in [1.54, 1.807) is 19.3 Å². The summed E-state index contributed by atoms with van der Waals surface area (Å²) >= 11 is 0. The second-order valence-corrected chi connectivity index (χ2v) is 6.12. The van der Waals surface area contributed by atoms with E-state index in [0.717, 1.165) is 11.3 Å². The molecule has 24 heavy (non-hydrogen) atoms. The number of benzene rings is 1. The number of fused-ring (bicyclic) bond motifs is 3. The molecule has 6 nitrogen and oxygen atoms in total. The summed E-state index contributed by atoms with van der Waals surface area (Å²) in [6, 6.07) is 7.63. The highest BCUT2D eigenvalue weighted by molar-refractivity contribution is 5.26. The molecule has 0 aromatic heterocycles. The van der Waals surface area contributed by atoms with Crippen LogP contribution in [0.15, 0.2) is 36.4 Å². The number of aliphatic hydroxyl groups excluding tert-OH is 1. The molecule has 3 saturated heterocycles. The minimum atomic E-state index is -1.15. The largest absolute Gasteiger partial charge is 0.497 e. The van der Waals surface area contributed by atoms with E-state index < -0.39 is 12.1 Å². The van der Waals surface area contributed by atoms with E-state index in [4.69, 9.17) is 23.7 Å². The third-order valence-electron chi connectivity index (χ3n) is 4.21. The van der Waals surface area contributed by atoms with Crippen molar-refractivity contribution in [2.24, 2.45) is 5.92 Å². The van der Waals surface area contributed by atoms with Crippen LogP contribution in [0, 0.1) is 5.92 Å². The van der Waals surface area contributed by atoms with Crippen molar-refractivity contribution in [2.75, 3.05) is 26.9 Å². The van der Waals surface area contributed by atoms with E-state index in [1.165, 1.54) is 0 Å². The molecule has 132 valence electrons. The lowest BCUT2D eigenvalue weighted by molar-refractivity contribution is -0.422. The fourth-order valence-electron chi connectivity index (χ4n) is 2.54. The summed E-state index contributed by atoms with van der Waals surface area (Å²) in [5.41, 5.74) is 1.01. The van der Waals surface area contributed by atoms with Crippen LogP contribution in [0.4, 0.5) is 0 Å². The zero-order valence-electron chi connectivity index (χ0n) is 14.0. The van der Waals surface area contributed by atoms with Gasteiger partial charge in [0.05, 0.1) is 45.7 Å². The minimum absolute atomic E-state index is 0.303. The first-order valence-electron chi connectivity index (χ1n) is 8.14. The average Bonchev–Trinajstić information content (AvgIpc) is 2.66. The molecule has 6 heteroatoms. The smallest absolute Gasteiger partial charge is 0.304 e. The van der Waals surface area contributed by atoms with Crippen LogP contribution in [0.3, 0.4) is 0 Å². The number of ether oxygens (including phenoxy) is 5. The van der Waals surface area contributed by atoms with Gasteiger partial charge in [0.1, 0.15) is 5.75 Å². The number of hydrogen-bond donors (Lipinski definition) is 1. The van der Waals surface area contributed by atoms with E-state index in [-0.39, 0.29) is 6.10 Å². The summed E-state index contributed by atoms with van der Waals surface area (Å²) < 4.78 is 27.5. The number of hydrogen-bond acceptors (Lipinski definition) is 6. The van der Waals surface area contributed by atoms with Gasteiger partial charge in [-0.25, -0.2) is 0 Å². The van der Waals surface area contributed by atoms with Gasteiger partial charge >= 0.3 is 5.97 Å². The average molecular weight is 336 g/mol. The SMILES string of the molecule is COc1ccc(CO[C@@H](C)[C@H](O)/C=C/C23OCC(CO2)CO3)cc1. The molecule has 0 radical (unpaired) electrons. The Balaban J connectivity index is 1.48. The van der Waals surface area contributed by atoms with Crippen LogP contribution in [0.1, 0.15) is 12.5 Å². The lowest BCUT2D eigenvalue weighted by Crippen LogP contribution is -2.52. The van der Waals surface area contributed by atoms with Crippen molar-refractivity contribution in [1.29, 1.82) is 0 Å². The van der Waals surface area contributed by atoms with Crippen LogP contribution >= 0.6 is 0 Å². The number of methoxy groups -OCH3 is 1. The third kappa shape index (κ3) is 4.15. The highest BCUT2D eigenvalue weighted by Crippen LogP contribution is 2.31. The Morgan fingerprint density at radius 3 is 2.42 bits per heavy atom. The summed E-state index contributed by atoms with van der Waals surface area (Å²) in [4.78, 5) is 0. The highest BCUT2D eigenvalue weighted by atomic mass is 16.9.